The zero-order chi connectivity index (χ0) is 22.3. The summed E-state index contributed by atoms with van der Waals surface area (Å²) in [6.07, 6.45) is -0.104. The van der Waals surface area contributed by atoms with Gasteiger partial charge in [-0.3, -0.25) is 14.3 Å². The fourth-order valence-electron chi connectivity index (χ4n) is 3.41. The third-order valence-corrected chi connectivity index (χ3v) is 7.84. The first kappa shape index (κ1) is 21.8. The maximum absolute atomic E-state index is 13.0. The molecule has 2 aromatic rings. The maximum atomic E-state index is 13.0. The van der Waals surface area contributed by atoms with Gasteiger partial charge in [0.1, 0.15) is 0 Å². The quantitative estimate of drug-likeness (QED) is 0.716. The van der Waals surface area contributed by atoms with Crippen molar-refractivity contribution in [3.8, 4) is 0 Å². The molecule has 2 amide bonds. The molecule has 160 valence electrons. The van der Waals surface area contributed by atoms with Gasteiger partial charge in [-0.1, -0.05) is 6.07 Å². The minimum atomic E-state index is -4.02. The molecule has 2 aromatic carbocycles. The number of carbonyl (C=O) groups excluding carboxylic acids is 2. The number of carbonyl (C=O) groups is 2. The van der Waals surface area contributed by atoms with Crippen LogP contribution in [0.2, 0.25) is 0 Å². The van der Waals surface area contributed by atoms with E-state index in [2.05, 4.69) is 10.0 Å². The van der Waals surface area contributed by atoms with Gasteiger partial charge in [-0.25, -0.2) is 21.1 Å². The second-order valence-electron chi connectivity index (χ2n) is 7.00. The fraction of sp³-hybridized carbons (Fsp3) is 0.263. The Hall–Kier alpha value is -2.92. The van der Waals surface area contributed by atoms with Gasteiger partial charge < -0.3 is 5.32 Å². The number of anilines is 3. The summed E-state index contributed by atoms with van der Waals surface area (Å²) in [5.41, 5.74) is 1.40. The first-order valence-electron chi connectivity index (χ1n) is 8.98. The molecule has 0 radical (unpaired) electrons. The molecule has 11 heteroatoms. The second kappa shape index (κ2) is 7.73. The number of aryl methyl sites for hydroxylation is 2. The van der Waals surface area contributed by atoms with E-state index >= 15 is 0 Å². The maximum Gasteiger partial charge on any atom is 0.262 e. The number of benzene rings is 2. The number of nitrogens with zero attached hydrogens (tertiary/aromatic N) is 1. The lowest BCUT2D eigenvalue weighted by Crippen LogP contribution is -2.29. The van der Waals surface area contributed by atoms with Gasteiger partial charge in [-0.05, 0) is 55.3 Å². The standard InChI is InChI=1S/C19H21N3O6S2/c1-12-9-17(22-18(24)7-8-29(22,25)26)10-13(2)19(12)30(27,28)21-16-6-4-5-15(11-16)20-14(3)23/h4-6,9-11,21H,7-8H2,1-3H3,(H,20,23). The summed E-state index contributed by atoms with van der Waals surface area (Å²) in [5.74, 6) is -1.10. The van der Waals surface area contributed by atoms with Gasteiger partial charge in [0, 0.05) is 19.0 Å². The molecule has 9 nitrogen and oxygen atoms in total. The predicted octanol–water partition coefficient (Wildman–Crippen LogP) is 2.13. The minimum Gasteiger partial charge on any atom is -0.326 e. The highest BCUT2D eigenvalue weighted by molar-refractivity contribution is 7.94. The van der Waals surface area contributed by atoms with Crippen LogP contribution in [0.15, 0.2) is 41.3 Å². The largest absolute Gasteiger partial charge is 0.326 e. The Labute approximate surface area is 175 Å². The Morgan fingerprint density at radius 3 is 2.20 bits per heavy atom. The molecule has 1 fully saturated rings. The van der Waals surface area contributed by atoms with E-state index in [0.29, 0.717) is 16.8 Å². The molecule has 3 rings (SSSR count). The van der Waals surface area contributed by atoms with E-state index in [0.717, 1.165) is 4.31 Å². The zero-order valence-corrected chi connectivity index (χ0v) is 18.2. The third kappa shape index (κ3) is 4.31. The number of rotatable bonds is 5. The predicted molar refractivity (Wildman–Crippen MR) is 113 cm³/mol. The van der Waals surface area contributed by atoms with Crippen molar-refractivity contribution >= 4 is 48.9 Å². The molecule has 0 aromatic heterocycles. The molecule has 1 saturated heterocycles. The van der Waals surface area contributed by atoms with Gasteiger partial charge in [0.05, 0.1) is 22.0 Å². The molecule has 1 heterocycles. The van der Waals surface area contributed by atoms with Crippen LogP contribution in [-0.2, 0) is 29.6 Å². The van der Waals surface area contributed by atoms with Crippen molar-refractivity contribution in [1.29, 1.82) is 0 Å². The van der Waals surface area contributed by atoms with Crippen molar-refractivity contribution in [2.45, 2.75) is 32.1 Å². The molecule has 2 N–H and O–H groups in total. The molecule has 0 saturated carbocycles. The van der Waals surface area contributed by atoms with E-state index < -0.39 is 26.0 Å². The molecule has 30 heavy (non-hydrogen) atoms. The van der Waals surface area contributed by atoms with E-state index in [1.165, 1.54) is 45.0 Å². The van der Waals surface area contributed by atoms with E-state index in [1.54, 1.807) is 12.1 Å². The SMILES string of the molecule is CC(=O)Nc1cccc(NS(=O)(=O)c2c(C)cc(N3C(=O)CCS3(=O)=O)cc2C)c1. The summed E-state index contributed by atoms with van der Waals surface area (Å²) in [7, 11) is -7.77. The Morgan fingerprint density at radius 1 is 1.07 bits per heavy atom. The molecule has 1 aliphatic heterocycles. The Morgan fingerprint density at radius 2 is 1.67 bits per heavy atom. The summed E-state index contributed by atoms with van der Waals surface area (Å²) in [5, 5.41) is 2.58. The van der Waals surface area contributed by atoms with Crippen LogP contribution in [-0.4, -0.2) is 34.4 Å². The highest BCUT2D eigenvalue weighted by Crippen LogP contribution is 2.32. The molecular formula is C19H21N3O6S2. The summed E-state index contributed by atoms with van der Waals surface area (Å²) in [6, 6.07) is 8.98. The van der Waals surface area contributed by atoms with Gasteiger partial charge in [0.25, 0.3) is 10.0 Å². The Bertz CT molecular complexity index is 1230. The van der Waals surface area contributed by atoms with Crippen LogP contribution in [0, 0.1) is 13.8 Å². The molecule has 0 atom stereocenters. The van der Waals surface area contributed by atoms with Crippen LogP contribution in [0.1, 0.15) is 24.5 Å². The summed E-state index contributed by atoms with van der Waals surface area (Å²) < 4.78 is 53.5. The average molecular weight is 452 g/mol. The number of hydrogen-bond donors (Lipinski definition) is 2. The topological polar surface area (TPSA) is 130 Å². The lowest BCUT2D eigenvalue weighted by Gasteiger charge is -2.19. The number of nitrogens with one attached hydrogen (secondary N) is 2. The average Bonchev–Trinajstić information content (AvgIpc) is 2.85. The first-order valence-corrected chi connectivity index (χ1v) is 12.1. The monoisotopic (exact) mass is 451 g/mol. The summed E-state index contributed by atoms with van der Waals surface area (Å²) >= 11 is 0. The van der Waals surface area contributed by atoms with Gasteiger partial charge >= 0.3 is 0 Å². The molecule has 0 aliphatic carbocycles. The number of hydrogen-bond acceptors (Lipinski definition) is 6. The van der Waals surface area contributed by atoms with Crippen LogP contribution in [0.5, 0.6) is 0 Å². The lowest BCUT2D eigenvalue weighted by molar-refractivity contribution is -0.116. The second-order valence-corrected chi connectivity index (χ2v) is 10.6. The van der Waals surface area contributed by atoms with E-state index in [-0.39, 0.29) is 34.4 Å². The van der Waals surface area contributed by atoms with Crippen molar-refractivity contribution in [2.24, 2.45) is 0 Å². The van der Waals surface area contributed by atoms with E-state index in [1.807, 2.05) is 0 Å². The highest BCUT2D eigenvalue weighted by atomic mass is 32.2. The van der Waals surface area contributed by atoms with Crippen LogP contribution in [0.25, 0.3) is 0 Å². The van der Waals surface area contributed by atoms with Gasteiger partial charge in [0.15, 0.2) is 0 Å². The van der Waals surface area contributed by atoms with Gasteiger partial charge in [-0.2, -0.15) is 0 Å². The lowest BCUT2D eigenvalue weighted by atomic mass is 10.1. The Kier molecular flexibility index (Phi) is 5.61. The summed E-state index contributed by atoms with van der Waals surface area (Å²) in [4.78, 5) is 23.2. The normalized spacial score (nSPS) is 15.8. The highest BCUT2D eigenvalue weighted by Gasteiger charge is 2.37. The molecule has 0 bridgehead atoms. The summed E-state index contributed by atoms with van der Waals surface area (Å²) in [6.45, 7) is 4.41. The van der Waals surface area contributed by atoms with Crippen LogP contribution in [0.4, 0.5) is 17.1 Å². The first-order chi connectivity index (χ1) is 13.9. The molecule has 0 unspecified atom stereocenters. The molecular weight excluding hydrogens is 430 g/mol. The smallest absolute Gasteiger partial charge is 0.262 e. The molecule has 1 aliphatic rings. The number of amides is 2. The van der Waals surface area contributed by atoms with E-state index in [9.17, 15) is 26.4 Å². The van der Waals surface area contributed by atoms with Gasteiger partial charge in [-0.15, -0.1) is 0 Å². The fourth-order valence-corrected chi connectivity index (χ4v) is 6.36. The van der Waals surface area contributed by atoms with Crippen molar-refractivity contribution < 1.29 is 26.4 Å². The third-order valence-electron chi connectivity index (χ3n) is 4.46. The van der Waals surface area contributed by atoms with Crippen LogP contribution < -0.4 is 14.3 Å². The van der Waals surface area contributed by atoms with Crippen molar-refractivity contribution in [3.05, 3.63) is 47.5 Å². The van der Waals surface area contributed by atoms with E-state index in [4.69, 9.17) is 0 Å². The van der Waals surface area contributed by atoms with Crippen LogP contribution >= 0.6 is 0 Å². The number of sulfonamides is 2. The van der Waals surface area contributed by atoms with Crippen molar-refractivity contribution in [2.75, 3.05) is 20.1 Å². The van der Waals surface area contributed by atoms with Crippen LogP contribution in [0.3, 0.4) is 0 Å². The van der Waals surface area contributed by atoms with Crippen molar-refractivity contribution in [3.63, 3.8) is 0 Å². The molecule has 0 spiro atoms. The Balaban J connectivity index is 1.97. The van der Waals surface area contributed by atoms with Gasteiger partial charge in [0.2, 0.25) is 21.8 Å². The van der Waals surface area contributed by atoms with Crippen molar-refractivity contribution in [1.82, 2.24) is 0 Å². The minimum absolute atomic E-state index is 0.0137. The zero-order valence-electron chi connectivity index (χ0n) is 16.6.